The molecule has 0 aliphatic rings. The molecule has 8 nitrogen and oxygen atoms in total. The molecular formula is C9H8F2N4O4. The first-order chi connectivity index (χ1) is 8.82. The monoisotopic (exact) mass is 274 g/mol. The Morgan fingerprint density at radius 1 is 1.32 bits per heavy atom. The topological polar surface area (TPSA) is 111 Å². The third kappa shape index (κ3) is 3.66. The van der Waals surface area contributed by atoms with E-state index in [9.17, 15) is 29.0 Å². The summed E-state index contributed by atoms with van der Waals surface area (Å²) < 4.78 is 24.3. The molecule has 0 aromatic heterocycles. The maximum absolute atomic E-state index is 12.2. The van der Waals surface area contributed by atoms with Crippen molar-refractivity contribution in [1.82, 2.24) is 0 Å². The Labute approximate surface area is 105 Å². The second kappa shape index (κ2) is 5.80. The lowest BCUT2D eigenvalue weighted by molar-refractivity contribution is -0.393. The Hall–Kier alpha value is -2.65. The summed E-state index contributed by atoms with van der Waals surface area (Å²) in [5.41, 5.74) is 0.206. The van der Waals surface area contributed by atoms with Crippen LogP contribution >= 0.6 is 0 Å². The van der Waals surface area contributed by atoms with E-state index in [2.05, 4.69) is 10.5 Å². The van der Waals surface area contributed by atoms with E-state index in [-0.39, 0.29) is 5.69 Å². The Bertz CT molecular complexity index is 547. The molecule has 0 amide bonds. The van der Waals surface area contributed by atoms with Crippen molar-refractivity contribution < 1.29 is 18.6 Å². The van der Waals surface area contributed by atoms with Crippen molar-refractivity contribution in [2.45, 2.75) is 13.3 Å². The summed E-state index contributed by atoms with van der Waals surface area (Å²) >= 11 is 0. The van der Waals surface area contributed by atoms with E-state index in [4.69, 9.17) is 0 Å². The highest BCUT2D eigenvalue weighted by molar-refractivity contribution is 5.85. The predicted octanol–water partition coefficient (Wildman–Crippen LogP) is 2.56. The molecule has 1 rings (SSSR count). The normalized spacial score (nSPS) is 11.5. The zero-order chi connectivity index (χ0) is 14.6. The van der Waals surface area contributed by atoms with Crippen molar-refractivity contribution in [3.63, 3.8) is 0 Å². The second-order valence-electron chi connectivity index (χ2n) is 3.38. The highest BCUT2D eigenvalue weighted by atomic mass is 19.3. The molecule has 102 valence electrons. The van der Waals surface area contributed by atoms with Gasteiger partial charge in [0.25, 0.3) is 12.1 Å². The van der Waals surface area contributed by atoms with Crippen LogP contribution in [0.15, 0.2) is 23.3 Å². The van der Waals surface area contributed by atoms with Crippen molar-refractivity contribution in [2.75, 3.05) is 5.43 Å². The summed E-state index contributed by atoms with van der Waals surface area (Å²) in [5.74, 6) is 0. The molecule has 0 aliphatic heterocycles. The molecule has 0 spiro atoms. The van der Waals surface area contributed by atoms with Gasteiger partial charge in [0.15, 0.2) is 0 Å². The van der Waals surface area contributed by atoms with Gasteiger partial charge in [0.05, 0.1) is 15.9 Å². The minimum Gasteiger partial charge on any atom is -0.272 e. The summed E-state index contributed by atoms with van der Waals surface area (Å²) in [6.07, 6.45) is -2.80. The van der Waals surface area contributed by atoms with Gasteiger partial charge in [-0.25, -0.2) is 8.78 Å². The van der Waals surface area contributed by atoms with Gasteiger partial charge in [-0.15, -0.1) is 0 Å². The summed E-state index contributed by atoms with van der Waals surface area (Å²) in [4.78, 5) is 19.5. The summed E-state index contributed by atoms with van der Waals surface area (Å²) in [7, 11) is 0. The standard InChI is InChI=1S/C9H8F2N4O4/c1-5(9(10)11)12-13-7-3-2-6(14(16)17)4-8(7)15(18)19/h2-4,9,13H,1H3/b12-5+. The van der Waals surface area contributed by atoms with E-state index < -0.39 is 33.4 Å². The van der Waals surface area contributed by atoms with Crippen LogP contribution in [0.5, 0.6) is 0 Å². The number of benzene rings is 1. The van der Waals surface area contributed by atoms with Gasteiger partial charge in [-0.05, 0) is 13.0 Å². The molecule has 1 aromatic rings. The molecule has 0 bridgehead atoms. The van der Waals surface area contributed by atoms with Gasteiger partial charge in [-0.3, -0.25) is 25.7 Å². The molecular weight excluding hydrogens is 266 g/mol. The number of halogens is 2. The van der Waals surface area contributed by atoms with Gasteiger partial charge in [0.1, 0.15) is 11.4 Å². The number of non-ortho nitro benzene ring substituents is 1. The quantitative estimate of drug-likeness (QED) is 0.504. The zero-order valence-electron chi connectivity index (χ0n) is 9.54. The van der Waals surface area contributed by atoms with E-state index in [0.717, 1.165) is 25.1 Å². The van der Waals surface area contributed by atoms with Crippen LogP contribution in [0.2, 0.25) is 0 Å². The van der Waals surface area contributed by atoms with Crippen LogP contribution in [-0.2, 0) is 0 Å². The molecule has 1 N–H and O–H groups in total. The average molecular weight is 274 g/mol. The van der Waals surface area contributed by atoms with E-state index >= 15 is 0 Å². The minimum atomic E-state index is -2.80. The van der Waals surface area contributed by atoms with Gasteiger partial charge in [0.2, 0.25) is 0 Å². The number of hydrogen-bond acceptors (Lipinski definition) is 6. The van der Waals surface area contributed by atoms with E-state index in [1.807, 2.05) is 0 Å². The third-order valence-electron chi connectivity index (χ3n) is 2.06. The molecule has 0 atom stereocenters. The highest BCUT2D eigenvalue weighted by Gasteiger charge is 2.19. The van der Waals surface area contributed by atoms with Crippen molar-refractivity contribution in [3.8, 4) is 0 Å². The number of rotatable bonds is 5. The first kappa shape index (κ1) is 14.4. The van der Waals surface area contributed by atoms with Crippen LogP contribution in [-0.4, -0.2) is 22.0 Å². The van der Waals surface area contributed by atoms with Gasteiger partial charge < -0.3 is 0 Å². The lowest BCUT2D eigenvalue weighted by Gasteiger charge is -2.03. The van der Waals surface area contributed by atoms with Crippen molar-refractivity contribution >= 4 is 22.8 Å². The van der Waals surface area contributed by atoms with Crippen molar-refractivity contribution in [1.29, 1.82) is 0 Å². The molecule has 0 fully saturated rings. The zero-order valence-corrected chi connectivity index (χ0v) is 9.54. The molecule has 19 heavy (non-hydrogen) atoms. The van der Waals surface area contributed by atoms with Crippen LogP contribution in [0.1, 0.15) is 6.92 Å². The Morgan fingerprint density at radius 3 is 2.42 bits per heavy atom. The Kier molecular flexibility index (Phi) is 4.40. The number of nitrogens with one attached hydrogen (secondary N) is 1. The predicted molar refractivity (Wildman–Crippen MR) is 62.5 cm³/mol. The largest absolute Gasteiger partial charge is 0.301 e. The Morgan fingerprint density at radius 2 is 1.95 bits per heavy atom. The van der Waals surface area contributed by atoms with E-state index in [1.165, 1.54) is 0 Å². The van der Waals surface area contributed by atoms with Gasteiger partial charge in [0, 0.05) is 6.07 Å². The Balaban J connectivity index is 3.11. The molecule has 0 saturated carbocycles. The van der Waals surface area contributed by atoms with Crippen LogP contribution in [0, 0.1) is 20.2 Å². The lowest BCUT2D eigenvalue weighted by atomic mass is 10.2. The van der Waals surface area contributed by atoms with E-state index in [1.54, 1.807) is 0 Å². The fourth-order valence-corrected chi connectivity index (χ4v) is 1.08. The summed E-state index contributed by atoms with van der Waals surface area (Å²) in [5, 5.41) is 24.5. The molecule has 0 unspecified atom stereocenters. The molecule has 0 radical (unpaired) electrons. The molecule has 10 heteroatoms. The third-order valence-corrected chi connectivity index (χ3v) is 2.06. The summed E-state index contributed by atoms with van der Waals surface area (Å²) in [6, 6.07) is 2.75. The number of nitro benzene ring substituents is 2. The van der Waals surface area contributed by atoms with Crippen molar-refractivity contribution in [2.24, 2.45) is 5.10 Å². The highest BCUT2D eigenvalue weighted by Crippen LogP contribution is 2.28. The number of hydrazone groups is 1. The summed E-state index contributed by atoms with van der Waals surface area (Å²) in [6.45, 7) is 1.04. The molecule has 0 saturated heterocycles. The molecule has 0 heterocycles. The van der Waals surface area contributed by atoms with Crippen LogP contribution in [0.3, 0.4) is 0 Å². The number of hydrogen-bond donors (Lipinski definition) is 1. The number of nitrogens with zero attached hydrogens (tertiary/aromatic N) is 3. The SMILES string of the molecule is C/C(=N\Nc1ccc([N+](=O)[O-])cc1[N+](=O)[O-])C(F)F. The first-order valence-corrected chi connectivity index (χ1v) is 4.84. The van der Waals surface area contributed by atoms with E-state index in [0.29, 0.717) is 0 Å². The lowest BCUT2D eigenvalue weighted by Crippen LogP contribution is -2.08. The number of alkyl halides is 2. The minimum absolute atomic E-state index is 0.212. The maximum Gasteiger partial charge on any atom is 0.301 e. The van der Waals surface area contributed by atoms with Gasteiger partial charge >= 0.3 is 5.69 Å². The fourth-order valence-electron chi connectivity index (χ4n) is 1.08. The number of nitro groups is 2. The molecule has 1 aromatic carbocycles. The number of anilines is 1. The average Bonchev–Trinajstić information content (AvgIpc) is 2.35. The second-order valence-corrected chi connectivity index (χ2v) is 3.38. The smallest absolute Gasteiger partial charge is 0.272 e. The van der Waals surface area contributed by atoms with Gasteiger partial charge in [-0.2, -0.15) is 5.10 Å². The molecule has 0 aliphatic carbocycles. The maximum atomic E-state index is 12.2. The fraction of sp³-hybridized carbons (Fsp3) is 0.222. The van der Waals surface area contributed by atoms with Crippen LogP contribution in [0.25, 0.3) is 0 Å². The van der Waals surface area contributed by atoms with Crippen LogP contribution in [0.4, 0.5) is 25.8 Å². The van der Waals surface area contributed by atoms with Crippen molar-refractivity contribution in [3.05, 3.63) is 38.4 Å². The van der Waals surface area contributed by atoms with Gasteiger partial charge in [-0.1, -0.05) is 0 Å². The van der Waals surface area contributed by atoms with Crippen LogP contribution < -0.4 is 5.43 Å². The first-order valence-electron chi connectivity index (χ1n) is 4.84.